The molecule has 0 aliphatic rings. The Morgan fingerprint density at radius 2 is 1.55 bits per heavy atom. The van der Waals surface area contributed by atoms with Crippen LogP contribution in [-0.4, -0.2) is 10.2 Å². The van der Waals surface area contributed by atoms with Crippen LogP contribution in [0.25, 0.3) is 21.9 Å². The van der Waals surface area contributed by atoms with E-state index < -0.39 is 0 Å². The Kier molecular flexibility index (Phi) is 2.87. The van der Waals surface area contributed by atoms with E-state index in [1.807, 2.05) is 18.2 Å². The molecule has 3 rings (SSSR count). The summed E-state index contributed by atoms with van der Waals surface area (Å²) in [5, 5.41) is 21.4. The Labute approximate surface area is 117 Å². The van der Waals surface area contributed by atoms with Gasteiger partial charge in [0.2, 0.25) is 0 Å². The van der Waals surface area contributed by atoms with Crippen LogP contribution in [0.5, 0.6) is 11.5 Å². The molecule has 0 bridgehead atoms. The molecule has 0 heterocycles. The quantitative estimate of drug-likeness (QED) is 0.677. The van der Waals surface area contributed by atoms with Gasteiger partial charge < -0.3 is 10.2 Å². The molecule has 0 saturated heterocycles. The third kappa shape index (κ3) is 1.99. The van der Waals surface area contributed by atoms with Gasteiger partial charge in [0.1, 0.15) is 11.5 Å². The van der Waals surface area contributed by atoms with Gasteiger partial charge in [-0.3, -0.25) is 0 Å². The molecule has 0 aliphatic carbocycles. The molecule has 2 N–H and O–H groups in total. The van der Waals surface area contributed by atoms with Crippen molar-refractivity contribution in [3.63, 3.8) is 0 Å². The molecule has 2 heteroatoms. The fraction of sp³-hybridized carbons (Fsp3) is 0.111. The molecule has 0 aliphatic heterocycles. The van der Waals surface area contributed by atoms with Crippen LogP contribution in [0.4, 0.5) is 0 Å². The smallest absolute Gasteiger partial charge is 0.116 e. The lowest BCUT2D eigenvalue weighted by Gasteiger charge is -2.14. The third-order valence-corrected chi connectivity index (χ3v) is 3.72. The number of phenolic OH excluding ortho intramolecular Hbond substituents is 2. The molecule has 0 unspecified atom stereocenters. The van der Waals surface area contributed by atoms with Crippen LogP contribution >= 0.6 is 0 Å². The minimum Gasteiger partial charge on any atom is -0.508 e. The van der Waals surface area contributed by atoms with Crippen molar-refractivity contribution in [1.29, 1.82) is 0 Å². The minimum atomic E-state index is 0.270. The van der Waals surface area contributed by atoms with Gasteiger partial charge in [0.25, 0.3) is 0 Å². The summed E-state index contributed by atoms with van der Waals surface area (Å²) in [6, 6.07) is 14.8. The topological polar surface area (TPSA) is 40.5 Å². The van der Waals surface area contributed by atoms with Crippen molar-refractivity contribution in [3.05, 3.63) is 59.7 Å². The fourth-order valence-electron chi connectivity index (χ4n) is 2.85. The van der Waals surface area contributed by atoms with Crippen LogP contribution in [0, 0.1) is 13.8 Å². The summed E-state index contributed by atoms with van der Waals surface area (Å²) in [4.78, 5) is 0. The summed E-state index contributed by atoms with van der Waals surface area (Å²) in [5.74, 6) is 0.550. The Morgan fingerprint density at radius 3 is 2.30 bits per heavy atom. The van der Waals surface area contributed by atoms with Crippen LogP contribution in [0.3, 0.4) is 0 Å². The summed E-state index contributed by atoms with van der Waals surface area (Å²) < 4.78 is 0. The van der Waals surface area contributed by atoms with Gasteiger partial charge in [-0.1, -0.05) is 24.3 Å². The summed E-state index contributed by atoms with van der Waals surface area (Å²) in [6.45, 7) is 4.13. The van der Waals surface area contributed by atoms with Gasteiger partial charge in [-0.2, -0.15) is 0 Å². The van der Waals surface area contributed by atoms with Crippen LogP contribution < -0.4 is 0 Å². The van der Waals surface area contributed by atoms with Gasteiger partial charge in [0.05, 0.1) is 0 Å². The molecular formula is C18H16O2. The van der Waals surface area contributed by atoms with Gasteiger partial charge in [0.15, 0.2) is 0 Å². The summed E-state index contributed by atoms with van der Waals surface area (Å²) >= 11 is 0. The normalized spacial score (nSPS) is 10.9. The summed E-state index contributed by atoms with van der Waals surface area (Å²) in [5.41, 5.74) is 4.44. The summed E-state index contributed by atoms with van der Waals surface area (Å²) in [6.07, 6.45) is 0. The summed E-state index contributed by atoms with van der Waals surface area (Å²) in [7, 11) is 0. The highest BCUT2D eigenvalue weighted by Crippen LogP contribution is 2.35. The number of benzene rings is 3. The lowest BCUT2D eigenvalue weighted by molar-refractivity contribution is 0.475. The molecule has 0 aromatic heterocycles. The third-order valence-electron chi connectivity index (χ3n) is 3.72. The molecule has 0 radical (unpaired) electrons. The first-order valence-corrected chi connectivity index (χ1v) is 6.58. The van der Waals surface area contributed by atoms with E-state index >= 15 is 0 Å². The van der Waals surface area contributed by atoms with E-state index in [1.165, 1.54) is 0 Å². The zero-order valence-electron chi connectivity index (χ0n) is 11.5. The second-order valence-corrected chi connectivity index (χ2v) is 5.15. The molecule has 3 aromatic carbocycles. The van der Waals surface area contributed by atoms with E-state index in [1.54, 1.807) is 24.3 Å². The van der Waals surface area contributed by atoms with Crippen LogP contribution in [-0.2, 0) is 0 Å². The molecule has 20 heavy (non-hydrogen) atoms. The number of phenols is 2. The van der Waals surface area contributed by atoms with E-state index in [2.05, 4.69) is 19.9 Å². The second-order valence-electron chi connectivity index (χ2n) is 5.15. The maximum absolute atomic E-state index is 9.67. The number of rotatable bonds is 1. The van der Waals surface area contributed by atoms with Crippen molar-refractivity contribution in [2.75, 3.05) is 0 Å². The Balaban J connectivity index is 2.34. The number of hydrogen-bond acceptors (Lipinski definition) is 2. The standard InChI is InChI=1S/C18H16O2/c1-11-8-14-10-16(20)6-7-17(14)12(2)18(11)13-4-3-5-15(19)9-13/h3-10,19-20H,1-2H3. The Morgan fingerprint density at radius 1 is 0.800 bits per heavy atom. The van der Waals surface area contributed by atoms with Gasteiger partial charge >= 0.3 is 0 Å². The van der Waals surface area contributed by atoms with Gasteiger partial charge in [-0.25, -0.2) is 0 Å². The van der Waals surface area contributed by atoms with Crippen LogP contribution in [0.1, 0.15) is 11.1 Å². The predicted molar refractivity (Wildman–Crippen MR) is 82.2 cm³/mol. The van der Waals surface area contributed by atoms with Gasteiger partial charge in [0, 0.05) is 0 Å². The molecule has 3 aromatic rings. The van der Waals surface area contributed by atoms with Crippen molar-refractivity contribution in [3.8, 4) is 22.6 Å². The molecule has 0 amide bonds. The van der Waals surface area contributed by atoms with Crippen molar-refractivity contribution in [2.24, 2.45) is 0 Å². The average Bonchev–Trinajstić information content (AvgIpc) is 2.38. The van der Waals surface area contributed by atoms with E-state index in [0.717, 1.165) is 33.0 Å². The maximum atomic E-state index is 9.67. The molecule has 100 valence electrons. The zero-order chi connectivity index (χ0) is 14.3. The monoisotopic (exact) mass is 264 g/mol. The SMILES string of the molecule is Cc1cc2cc(O)ccc2c(C)c1-c1cccc(O)c1. The highest BCUT2D eigenvalue weighted by molar-refractivity contribution is 5.94. The predicted octanol–water partition coefficient (Wildman–Crippen LogP) is 4.53. The van der Waals surface area contributed by atoms with Gasteiger partial charge in [-0.15, -0.1) is 0 Å². The molecule has 0 fully saturated rings. The average molecular weight is 264 g/mol. The van der Waals surface area contributed by atoms with Crippen LogP contribution in [0.2, 0.25) is 0 Å². The molecule has 0 spiro atoms. The lowest BCUT2D eigenvalue weighted by atomic mass is 9.91. The molecule has 0 saturated carbocycles. The fourth-order valence-corrected chi connectivity index (χ4v) is 2.85. The maximum Gasteiger partial charge on any atom is 0.116 e. The van der Waals surface area contributed by atoms with Crippen molar-refractivity contribution in [1.82, 2.24) is 0 Å². The number of aromatic hydroxyl groups is 2. The lowest BCUT2D eigenvalue weighted by Crippen LogP contribution is -1.90. The first-order chi connectivity index (χ1) is 9.56. The second kappa shape index (κ2) is 4.57. The van der Waals surface area contributed by atoms with Crippen molar-refractivity contribution in [2.45, 2.75) is 13.8 Å². The van der Waals surface area contributed by atoms with Crippen molar-refractivity contribution < 1.29 is 10.2 Å². The van der Waals surface area contributed by atoms with Gasteiger partial charge in [-0.05, 0) is 71.1 Å². The van der Waals surface area contributed by atoms with E-state index in [9.17, 15) is 10.2 Å². The first-order valence-electron chi connectivity index (χ1n) is 6.58. The van der Waals surface area contributed by atoms with E-state index in [4.69, 9.17) is 0 Å². The first kappa shape index (κ1) is 12.5. The van der Waals surface area contributed by atoms with E-state index in [-0.39, 0.29) is 11.5 Å². The highest BCUT2D eigenvalue weighted by Gasteiger charge is 2.10. The highest BCUT2D eigenvalue weighted by atomic mass is 16.3. The number of aryl methyl sites for hydroxylation is 2. The van der Waals surface area contributed by atoms with Crippen molar-refractivity contribution >= 4 is 10.8 Å². The van der Waals surface area contributed by atoms with Crippen LogP contribution in [0.15, 0.2) is 48.5 Å². The molecular weight excluding hydrogens is 248 g/mol. The molecule has 0 atom stereocenters. The largest absolute Gasteiger partial charge is 0.508 e. The Hall–Kier alpha value is -2.48. The number of hydrogen-bond donors (Lipinski definition) is 2. The van der Waals surface area contributed by atoms with E-state index in [0.29, 0.717) is 0 Å². The number of fused-ring (bicyclic) bond motifs is 1. The molecule has 2 nitrogen and oxygen atoms in total. The zero-order valence-corrected chi connectivity index (χ0v) is 11.5. The Bertz CT molecular complexity index is 804. The minimum absolute atomic E-state index is 0.270.